The molecular formula is C23H23NO3S. The highest BCUT2D eigenvalue weighted by molar-refractivity contribution is 7.15. The lowest BCUT2D eigenvalue weighted by atomic mass is 9.97. The minimum Gasteiger partial charge on any atom is -0.462 e. The summed E-state index contributed by atoms with van der Waals surface area (Å²) < 4.78 is 5.28. The summed E-state index contributed by atoms with van der Waals surface area (Å²) in [6, 6.07) is 13.5. The van der Waals surface area contributed by atoms with Gasteiger partial charge in [-0.05, 0) is 50.5 Å². The molecule has 3 aromatic rings. The Morgan fingerprint density at radius 1 is 1.00 bits per heavy atom. The first-order chi connectivity index (χ1) is 13.4. The van der Waals surface area contributed by atoms with Crippen molar-refractivity contribution in [1.82, 2.24) is 0 Å². The Balaban J connectivity index is 2.04. The monoisotopic (exact) mass is 393 g/mol. The fourth-order valence-corrected chi connectivity index (χ4v) is 4.11. The van der Waals surface area contributed by atoms with E-state index in [1.54, 1.807) is 13.0 Å². The van der Waals surface area contributed by atoms with Gasteiger partial charge in [-0.15, -0.1) is 11.3 Å². The quantitative estimate of drug-likeness (QED) is 0.560. The first kappa shape index (κ1) is 19.8. The lowest BCUT2D eigenvalue weighted by Gasteiger charge is -2.11. The topological polar surface area (TPSA) is 55.4 Å². The van der Waals surface area contributed by atoms with E-state index in [1.165, 1.54) is 11.3 Å². The number of hydrogen-bond donors (Lipinski definition) is 1. The van der Waals surface area contributed by atoms with E-state index in [2.05, 4.69) is 11.4 Å². The Bertz CT molecular complexity index is 1040. The van der Waals surface area contributed by atoms with E-state index < -0.39 is 5.97 Å². The van der Waals surface area contributed by atoms with Crippen LogP contribution < -0.4 is 5.32 Å². The second-order valence-corrected chi connectivity index (χ2v) is 7.54. The lowest BCUT2D eigenvalue weighted by molar-refractivity contribution is 0.0529. The number of amides is 1. The van der Waals surface area contributed by atoms with Gasteiger partial charge in [0, 0.05) is 16.5 Å². The number of esters is 1. The van der Waals surface area contributed by atoms with Gasteiger partial charge in [0.05, 0.1) is 6.61 Å². The molecule has 0 fully saturated rings. The molecule has 0 unspecified atom stereocenters. The average molecular weight is 394 g/mol. The zero-order valence-corrected chi connectivity index (χ0v) is 17.3. The molecule has 5 heteroatoms. The van der Waals surface area contributed by atoms with Gasteiger partial charge in [-0.25, -0.2) is 4.79 Å². The van der Waals surface area contributed by atoms with Crippen LogP contribution in [0.25, 0.3) is 11.1 Å². The summed E-state index contributed by atoms with van der Waals surface area (Å²) in [5.41, 5.74) is 5.83. The molecule has 0 bridgehead atoms. The molecule has 0 aliphatic heterocycles. The maximum Gasteiger partial charge on any atom is 0.341 e. The average Bonchev–Trinajstić information content (AvgIpc) is 3.05. The summed E-state index contributed by atoms with van der Waals surface area (Å²) >= 11 is 1.33. The fourth-order valence-electron chi connectivity index (χ4n) is 3.17. The number of ether oxygens (including phenoxy) is 1. The van der Waals surface area contributed by atoms with Gasteiger partial charge in [-0.2, -0.15) is 0 Å². The maximum absolute atomic E-state index is 12.8. The molecular weight excluding hydrogens is 370 g/mol. The second kappa shape index (κ2) is 8.40. The van der Waals surface area contributed by atoms with Gasteiger partial charge in [0.2, 0.25) is 0 Å². The fraction of sp³-hybridized carbons (Fsp3) is 0.217. The number of anilines is 1. The predicted octanol–water partition coefficient (Wildman–Crippen LogP) is 5.77. The Labute approximate surface area is 169 Å². The third-order valence-electron chi connectivity index (χ3n) is 4.56. The number of carbonyl (C=O) groups is 2. The smallest absolute Gasteiger partial charge is 0.341 e. The molecule has 3 rings (SSSR count). The summed E-state index contributed by atoms with van der Waals surface area (Å²) in [4.78, 5) is 25.5. The molecule has 4 nitrogen and oxygen atoms in total. The van der Waals surface area contributed by atoms with Gasteiger partial charge in [0.15, 0.2) is 0 Å². The highest BCUT2D eigenvalue weighted by Crippen LogP contribution is 2.38. The van der Waals surface area contributed by atoms with Crippen molar-refractivity contribution >= 4 is 28.2 Å². The molecule has 1 heterocycles. The second-order valence-electron chi connectivity index (χ2n) is 6.66. The van der Waals surface area contributed by atoms with Crippen LogP contribution in [0.1, 0.15) is 44.3 Å². The molecule has 28 heavy (non-hydrogen) atoms. The van der Waals surface area contributed by atoms with Crippen LogP contribution >= 0.6 is 11.3 Å². The Hall–Kier alpha value is -2.92. The van der Waals surface area contributed by atoms with Crippen LogP contribution in [-0.2, 0) is 4.74 Å². The summed E-state index contributed by atoms with van der Waals surface area (Å²) in [5.74, 6) is -0.670. The molecule has 1 N–H and O–H groups in total. The summed E-state index contributed by atoms with van der Waals surface area (Å²) in [5, 5.41) is 5.31. The summed E-state index contributed by atoms with van der Waals surface area (Å²) in [6.45, 7) is 7.97. The van der Waals surface area contributed by atoms with Crippen LogP contribution in [0.15, 0.2) is 47.8 Å². The van der Waals surface area contributed by atoms with Crippen LogP contribution in [0, 0.1) is 20.8 Å². The highest BCUT2D eigenvalue weighted by atomic mass is 32.1. The van der Waals surface area contributed by atoms with Crippen LogP contribution in [0.3, 0.4) is 0 Å². The molecule has 1 amide bonds. The van der Waals surface area contributed by atoms with Crippen molar-refractivity contribution in [3.05, 3.63) is 75.7 Å². The van der Waals surface area contributed by atoms with Crippen LogP contribution in [0.2, 0.25) is 0 Å². The minimum absolute atomic E-state index is 0.238. The molecule has 0 atom stereocenters. The molecule has 0 saturated carbocycles. The van der Waals surface area contributed by atoms with Crippen LogP contribution in [0.4, 0.5) is 5.00 Å². The zero-order valence-electron chi connectivity index (χ0n) is 16.5. The van der Waals surface area contributed by atoms with E-state index in [4.69, 9.17) is 4.74 Å². The normalized spacial score (nSPS) is 10.6. The first-order valence-electron chi connectivity index (χ1n) is 9.15. The first-order valence-corrected chi connectivity index (χ1v) is 10.0. The van der Waals surface area contributed by atoms with Crippen LogP contribution in [0.5, 0.6) is 0 Å². The largest absolute Gasteiger partial charge is 0.462 e. The number of thiophene rings is 1. The third kappa shape index (κ3) is 3.99. The number of benzene rings is 2. The number of rotatable bonds is 5. The Morgan fingerprint density at radius 2 is 1.75 bits per heavy atom. The molecule has 2 aromatic carbocycles. The Kier molecular flexibility index (Phi) is 5.95. The van der Waals surface area contributed by atoms with E-state index in [-0.39, 0.29) is 12.5 Å². The van der Waals surface area contributed by atoms with Crippen molar-refractivity contribution in [3.63, 3.8) is 0 Å². The van der Waals surface area contributed by atoms with E-state index >= 15 is 0 Å². The van der Waals surface area contributed by atoms with Gasteiger partial charge < -0.3 is 10.1 Å². The molecule has 1 aromatic heterocycles. The number of aryl methyl sites for hydroxylation is 3. The molecule has 0 aliphatic carbocycles. The van der Waals surface area contributed by atoms with E-state index in [0.29, 0.717) is 16.1 Å². The van der Waals surface area contributed by atoms with E-state index in [1.807, 2.05) is 56.5 Å². The Morgan fingerprint density at radius 3 is 2.43 bits per heavy atom. The van der Waals surface area contributed by atoms with Crippen molar-refractivity contribution < 1.29 is 14.3 Å². The molecule has 144 valence electrons. The molecule has 0 radical (unpaired) electrons. The van der Waals surface area contributed by atoms with E-state index in [9.17, 15) is 9.59 Å². The highest BCUT2D eigenvalue weighted by Gasteiger charge is 2.24. The summed E-state index contributed by atoms with van der Waals surface area (Å²) in [6.07, 6.45) is 0. The van der Waals surface area contributed by atoms with Gasteiger partial charge in [0.25, 0.3) is 5.91 Å². The maximum atomic E-state index is 12.8. The van der Waals surface area contributed by atoms with Crippen LogP contribution in [-0.4, -0.2) is 18.5 Å². The van der Waals surface area contributed by atoms with Crippen molar-refractivity contribution in [1.29, 1.82) is 0 Å². The van der Waals surface area contributed by atoms with E-state index in [0.717, 1.165) is 27.8 Å². The number of hydrogen-bond acceptors (Lipinski definition) is 4. The van der Waals surface area contributed by atoms with Crippen molar-refractivity contribution in [2.24, 2.45) is 0 Å². The molecule has 0 spiro atoms. The predicted molar refractivity (Wildman–Crippen MR) is 114 cm³/mol. The van der Waals surface area contributed by atoms with Gasteiger partial charge >= 0.3 is 5.97 Å². The molecule has 0 aliphatic rings. The van der Waals surface area contributed by atoms with Gasteiger partial charge in [-0.3, -0.25) is 4.79 Å². The van der Waals surface area contributed by atoms with Crippen molar-refractivity contribution in [3.8, 4) is 11.1 Å². The number of carbonyl (C=O) groups excluding carboxylic acids is 2. The third-order valence-corrected chi connectivity index (χ3v) is 5.45. The van der Waals surface area contributed by atoms with Gasteiger partial charge in [0.1, 0.15) is 10.6 Å². The molecule has 0 saturated heterocycles. The number of nitrogens with one attached hydrogen (secondary N) is 1. The van der Waals surface area contributed by atoms with Crippen molar-refractivity contribution in [2.75, 3.05) is 11.9 Å². The lowest BCUT2D eigenvalue weighted by Crippen LogP contribution is -2.15. The van der Waals surface area contributed by atoms with Gasteiger partial charge in [-0.1, -0.05) is 42.0 Å². The standard InChI is InChI=1S/C23H23NO3S/c1-5-27-23(26)20-19(17-11-10-14(2)12-16(17)4)13-28-22(20)24-21(25)18-9-7-6-8-15(18)3/h6-13H,5H2,1-4H3,(H,24,25). The SMILES string of the molecule is CCOC(=O)c1c(-c2ccc(C)cc2C)csc1NC(=O)c1ccccc1C. The minimum atomic E-state index is -0.432. The van der Waals surface area contributed by atoms with Crippen molar-refractivity contribution in [2.45, 2.75) is 27.7 Å². The zero-order chi connectivity index (χ0) is 20.3. The summed E-state index contributed by atoms with van der Waals surface area (Å²) in [7, 11) is 0.